The number of fused-ring (bicyclic) bond motifs is 1. The summed E-state index contributed by atoms with van der Waals surface area (Å²) in [6.45, 7) is 0.461. The Bertz CT molecular complexity index is 649. The fourth-order valence-electron chi connectivity index (χ4n) is 1.89. The van der Waals surface area contributed by atoms with E-state index in [-0.39, 0.29) is 17.3 Å². The third kappa shape index (κ3) is 2.33. The lowest BCUT2D eigenvalue weighted by molar-refractivity contribution is 0.0761. The molecule has 1 aliphatic heterocycles. The lowest BCUT2D eigenvalue weighted by Gasteiger charge is -2.26. The van der Waals surface area contributed by atoms with E-state index in [0.29, 0.717) is 18.5 Å². The van der Waals surface area contributed by atoms with Gasteiger partial charge in [-0.25, -0.2) is 8.42 Å². The van der Waals surface area contributed by atoms with Gasteiger partial charge in [-0.2, -0.15) is 5.26 Å². The predicted molar refractivity (Wildman–Crippen MR) is 64.7 cm³/mol. The number of carbonyl (C=O) groups is 1. The van der Waals surface area contributed by atoms with Crippen LogP contribution >= 0.6 is 10.7 Å². The lowest BCUT2D eigenvalue weighted by atomic mass is 9.99. The number of hydrogen-bond donors (Lipinski definition) is 0. The van der Waals surface area contributed by atoms with Crippen molar-refractivity contribution in [3.05, 3.63) is 29.3 Å². The normalized spacial score (nSPS) is 15.1. The molecule has 5 nitrogen and oxygen atoms in total. The summed E-state index contributed by atoms with van der Waals surface area (Å²) in [6.07, 6.45) is 0.603. The van der Waals surface area contributed by atoms with Crippen LogP contribution in [0.1, 0.15) is 15.9 Å². The molecule has 0 saturated carbocycles. The van der Waals surface area contributed by atoms with E-state index in [1.54, 1.807) is 6.07 Å². The smallest absolute Gasteiger partial charge is 0.261 e. The maximum absolute atomic E-state index is 12.0. The molecule has 1 aromatic rings. The highest BCUT2D eigenvalue weighted by Crippen LogP contribution is 2.24. The molecular weight excluding hydrogens is 276 g/mol. The minimum Gasteiger partial charge on any atom is -0.325 e. The summed E-state index contributed by atoms with van der Waals surface area (Å²) in [5.41, 5.74) is 1.08. The Labute approximate surface area is 109 Å². The highest BCUT2D eigenvalue weighted by atomic mass is 35.7. The summed E-state index contributed by atoms with van der Waals surface area (Å²) >= 11 is 0. The Morgan fingerprint density at radius 2 is 2.17 bits per heavy atom. The van der Waals surface area contributed by atoms with Crippen LogP contribution < -0.4 is 0 Å². The molecule has 18 heavy (non-hydrogen) atoms. The van der Waals surface area contributed by atoms with Crippen molar-refractivity contribution in [2.75, 3.05) is 13.1 Å². The van der Waals surface area contributed by atoms with Crippen LogP contribution in [0.25, 0.3) is 0 Å². The molecule has 1 amide bonds. The van der Waals surface area contributed by atoms with Gasteiger partial charge in [0.2, 0.25) is 0 Å². The fourth-order valence-corrected chi connectivity index (χ4v) is 2.66. The van der Waals surface area contributed by atoms with E-state index >= 15 is 0 Å². The molecule has 0 radical (unpaired) electrons. The topological polar surface area (TPSA) is 78.2 Å². The van der Waals surface area contributed by atoms with E-state index < -0.39 is 9.05 Å². The number of hydrogen-bond acceptors (Lipinski definition) is 4. The third-order valence-electron chi connectivity index (χ3n) is 2.79. The van der Waals surface area contributed by atoms with Crippen molar-refractivity contribution in [2.45, 2.75) is 11.3 Å². The molecular formula is C11H9ClN2O3S. The molecule has 0 saturated heterocycles. The summed E-state index contributed by atoms with van der Waals surface area (Å²) in [4.78, 5) is 13.3. The summed E-state index contributed by atoms with van der Waals surface area (Å²) in [7, 11) is 1.39. The monoisotopic (exact) mass is 284 g/mol. The first-order valence-electron chi connectivity index (χ1n) is 5.17. The van der Waals surface area contributed by atoms with Crippen LogP contribution in [0.2, 0.25) is 0 Å². The number of rotatable bonds is 2. The van der Waals surface area contributed by atoms with Crippen LogP contribution in [0.3, 0.4) is 0 Å². The van der Waals surface area contributed by atoms with E-state index in [1.165, 1.54) is 17.0 Å². The molecule has 1 heterocycles. The van der Waals surface area contributed by atoms with Gasteiger partial charge in [0, 0.05) is 22.8 Å². The Morgan fingerprint density at radius 1 is 1.44 bits per heavy atom. The summed E-state index contributed by atoms with van der Waals surface area (Å²) in [6, 6.07) is 6.14. The largest absolute Gasteiger partial charge is 0.325 e. The first-order chi connectivity index (χ1) is 8.43. The van der Waals surface area contributed by atoms with Crippen LogP contribution in [0, 0.1) is 11.3 Å². The van der Waals surface area contributed by atoms with E-state index in [2.05, 4.69) is 0 Å². The van der Waals surface area contributed by atoms with Crippen molar-refractivity contribution in [3.63, 3.8) is 0 Å². The quantitative estimate of drug-likeness (QED) is 0.602. The Morgan fingerprint density at radius 3 is 2.78 bits per heavy atom. The first-order valence-corrected chi connectivity index (χ1v) is 7.48. The minimum absolute atomic E-state index is 0.00384. The molecule has 0 spiro atoms. The summed E-state index contributed by atoms with van der Waals surface area (Å²) in [5.74, 6) is -0.333. The van der Waals surface area contributed by atoms with Gasteiger partial charge in [0.1, 0.15) is 6.54 Å². The molecule has 94 valence electrons. The molecule has 0 fully saturated rings. The number of nitrogens with zero attached hydrogens (tertiary/aromatic N) is 2. The fraction of sp³-hybridized carbons (Fsp3) is 0.273. The molecule has 7 heteroatoms. The van der Waals surface area contributed by atoms with Crippen molar-refractivity contribution >= 4 is 25.6 Å². The van der Waals surface area contributed by atoms with Crippen molar-refractivity contribution in [1.82, 2.24) is 4.90 Å². The van der Waals surface area contributed by atoms with Crippen LogP contribution in [-0.2, 0) is 15.5 Å². The number of amides is 1. The zero-order chi connectivity index (χ0) is 13.3. The number of nitriles is 1. The SMILES string of the molecule is N#CCN1CCc2ccc(S(=O)(=O)Cl)cc2C1=O. The Balaban J connectivity index is 2.47. The lowest BCUT2D eigenvalue weighted by Crippen LogP contribution is -2.37. The van der Waals surface area contributed by atoms with Gasteiger partial charge in [0.05, 0.1) is 11.0 Å². The van der Waals surface area contributed by atoms with Gasteiger partial charge in [0.15, 0.2) is 0 Å². The second-order valence-corrected chi connectivity index (χ2v) is 6.46. The number of benzene rings is 1. The van der Waals surface area contributed by atoms with Gasteiger partial charge < -0.3 is 4.90 Å². The molecule has 0 bridgehead atoms. The summed E-state index contributed by atoms with van der Waals surface area (Å²) in [5, 5.41) is 8.61. The maximum atomic E-state index is 12.0. The average Bonchev–Trinajstić information content (AvgIpc) is 2.31. The molecule has 0 unspecified atom stereocenters. The van der Waals surface area contributed by atoms with Crippen LogP contribution in [0.15, 0.2) is 23.1 Å². The van der Waals surface area contributed by atoms with E-state index in [0.717, 1.165) is 5.56 Å². The standard InChI is InChI=1S/C11H9ClN2O3S/c12-18(16,17)9-2-1-8-3-5-14(6-4-13)11(15)10(8)7-9/h1-2,7H,3,5-6H2. The van der Waals surface area contributed by atoms with Gasteiger partial charge in [-0.05, 0) is 24.1 Å². The van der Waals surface area contributed by atoms with Gasteiger partial charge in [0.25, 0.3) is 15.0 Å². The van der Waals surface area contributed by atoms with Crippen LogP contribution in [0.4, 0.5) is 0 Å². The molecule has 0 aromatic heterocycles. The molecule has 0 aliphatic carbocycles. The zero-order valence-electron chi connectivity index (χ0n) is 9.26. The second kappa shape index (κ2) is 4.59. The molecule has 2 rings (SSSR count). The van der Waals surface area contributed by atoms with Crippen molar-refractivity contribution < 1.29 is 13.2 Å². The van der Waals surface area contributed by atoms with Gasteiger partial charge in [-0.15, -0.1) is 0 Å². The van der Waals surface area contributed by atoms with Crippen LogP contribution in [0.5, 0.6) is 0 Å². The predicted octanol–water partition coefficient (Wildman–Crippen LogP) is 1.14. The van der Waals surface area contributed by atoms with E-state index in [4.69, 9.17) is 15.9 Å². The highest BCUT2D eigenvalue weighted by Gasteiger charge is 2.25. The van der Waals surface area contributed by atoms with Crippen molar-refractivity contribution in [1.29, 1.82) is 5.26 Å². The Kier molecular flexibility index (Phi) is 3.28. The van der Waals surface area contributed by atoms with Crippen molar-refractivity contribution in [2.24, 2.45) is 0 Å². The Hall–Kier alpha value is -1.58. The van der Waals surface area contributed by atoms with E-state index in [1.807, 2.05) is 6.07 Å². The first kappa shape index (κ1) is 12.9. The van der Waals surface area contributed by atoms with Gasteiger partial charge >= 0.3 is 0 Å². The second-order valence-electron chi connectivity index (χ2n) is 3.89. The van der Waals surface area contributed by atoms with Gasteiger partial charge in [-0.1, -0.05) is 6.07 Å². The number of carbonyl (C=O) groups excluding carboxylic acids is 1. The highest BCUT2D eigenvalue weighted by molar-refractivity contribution is 8.13. The maximum Gasteiger partial charge on any atom is 0.261 e. The summed E-state index contributed by atoms with van der Waals surface area (Å²) < 4.78 is 22.4. The average molecular weight is 285 g/mol. The van der Waals surface area contributed by atoms with Crippen molar-refractivity contribution in [3.8, 4) is 6.07 Å². The molecule has 1 aromatic carbocycles. The number of halogens is 1. The zero-order valence-corrected chi connectivity index (χ0v) is 10.8. The van der Waals surface area contributed by atoms with E-state index in [9.17, 15) is 13.2 Å². The van der Waals surface area contributed by atoms with Crippen LogP contribution in [-0.4, -0.2) is 32.3 Å². The molecule has 0 atom stereocenters. The molecule has 0 N–H and O–H groups in total. The minimum atomic E-state index is -3.85. The third-order valence-corrected chi connectivity index (χ3v) is 4.14. The van der Waals surface area contributed by atoms with Gasteiger partial charge in [-0.3, -0.25) is 4.79 Å². The molecule has 1 aliphatic rings.